The molecule has 3 unspecified atom stereocenters. The van der Waals surface area contributed by atoms with E-state index < -0.39 is 0 Å². The van der Waals surface area contributed by atoms with E-state index in [4.69, 9.17) is 0 Å². The van der Waals surface area contributed by atoms with Crippen molar-refractivity contribution in [2.75, 3.05) is 0 Å². The average molecular weight is 401 g/mol. The largest absolute Gasteiger partial charge is 0.393 e. The number of carbonyl (C=O) groups excluding carboxylic acids is 1. The lowest BCUT2D eigenvalue weighted by molar-refractivity contribution is -0.106. The summed E-state index contributed by atoms with van der Waals surface area (Å²) in [5.41, 5.74) is 3.04. The Labute approximate surface area is 178 Å². The van der Waals surface area contributed by atoms with E-state index in [-0.39, 0.29) is 11.5 Å². The van der Waals surface area contributed by atoms with E-state index in [9.17, 15) is 9.90 Å². The van der Waals surface area contributed by atoms with Crippen LogP contribution in [0.2, 0.25) is 0 Å². The predicted octanol–water partition coefficient (Wildman–Crippen LogP) is 6.57. The molecule has 0 aromatic heterocycles. The van der Waals surface area contributed by atoms with Crippen LogP contribution in [0.5, 0.6) is 0 Å². The number of allylic oxidation sites excluding steroid dienone is 1. The van der Waals surface area contributed by atoms with E-state index in [0.717, 1.165) is 42.6 Å². The SMILES string of the molecule is CC(C)CCC[C@@H](C)[C@H]1CCC2C3C(C=O)=C4C[C@@H](O)CC[C@]4(C)C3CC[C@@]21C. The standard InChI is InChI=1S/C27H44O2/c1-17(2)7-6-8-18(3)21-9-10-22-25-20(16-28)24-15-19(29)11-13-27(24,5)23(25)12-14-26(21,22)4/h16-19,21-23,25,29H,6-15H2,1-5H3/t18-,19+,21-,22?,23?,25?,26-,27-/m1/s1. The monoisotopic (exact) mass is 400 g/mol. The second kappa shape index (κ2) is 7.81. The highest BCUT2D eigenvalue weighted by Crippen LogP contribution is 2.70. The third-order valence-corrected chi connectivity index (χ3v) is 10.3. The second-order valence-electron chi connectivity index (χ2n) is 12.1. The smallest absolute Gasteiger partial charge is 0.146 e. The Hall–Kier alpha value is -0.630. The number of hydrogen-bond donors (Lipinski definition) is 1. The van der Waals surface area contributed by atoms with Gasteiger partial charge >= 0.3 is 0 Å². The number of aldehydes is 1. The second-order valence-corrected chi connectivity index (χ2v) is 12.1. The molecule has 4 aliphatic rings. The molecule has 164 valence electrons. The molecule has 0 aromatic carbocycles. The van der Waals surface area contributed by atoms with Gasteiger partial charge in [-0.05, 0) is 96.9 Å². The Morgan fingerprint density at radius 3 is 2.48 bits per heavy atom. The van der Waals surface area contributed by atoms with E-state index in [0.29, 0.717) is 23.2 Å². The van der Waals surface area contributed by atoms with Crippen molar-refractivity contribution < 1.29 is 9.90 Å². The zero-order valence-corrected chi connectivity index (χ0v) is 19.5. The first-order valence-corrected chi connectivity index (χ1v) is 12.6. The van der Waals surface area contributed by atoms with Crippen LogP contribution in [-0.2, 0) is 4.79 Å². The van der Waals surface area contributed by atoms with Gasteiger partial charge in [0.2, 0.25) is 0 Å². The van der Waals surface area contributed by atoms with Crippen molar-refractivity contribution in [3.05, 3.63) is 11.1 Å². The Morgan fingerprint density at radius 1 is 1.03 bits per heavy atom. The minimum atomic E-state index is -0.239. The van der Waals surface area contributed by atoms with Crippen molar-refractivity contribution in [3.63, 3.8) is 0 Å². The molecule has 0 aliphatic heterocycles. The Kier molecular flexibility index (Phi) is 5.82. The molecule has 0 spiro atoms. The van der Waals surface area contributed by atoms with Gasteiger partial charge in [0.15, 0.2) is 0 Å². The molecule has 3 fully saturated rings. The van der Waals surface area contributed by atoms with Crippen molar-refractivity contribution in [3.8, 4) is 0 Å². The highest BCUT2D eigenvalue weighted by molar-refractivity contribution is 5.78. The van der Waals surface area contributed by atoms with Gasteiger partial charge < -0.3 is 5.11 Å². The molecular weight excluding hydrogens is 356 g/mol. The van der Waals surface area contributed by atoms with Crippen LogP contribution in [0.3, 0.4) is 0 Å². The molecule has 0 saturated heterocycles. The summed E-state index contributed by atoms with van der Waals surface area (Å²) in [4.78, 5) is 12.3. The van der Waals surface area contributed by atoms with Gasteiger partial charge in [-0.3, -0.25) is 4.79 Å². The number of aliphatic hydroxyl groups excluding tert-OH is 1. The van der Waals surface area contributed by atoms with Crippen LogP contribution in [-0.4, -0.2) is 17.5 Å². The molecular formula is C27H44O2. The van der Waals surface area contributed by atoms with E-state index in [1.54, 1.807) is 0 Å². The maximum absolute atomic E-state index is 12.3. The third kappa shape index (κ3) is 3.36. The molecule has 4 aliphatic carbocycles. The molecule has 3 saturated carbocycles. The highest BCUT2D eigenvalue weighted by atomic mass is 16.3. The first-order chi connectivity index (χ1) is 13.7. The summed E-state index contributed by atoms with van der Waals surface area (Å²) in [6, 6.07) is 0. The predicted molar refractivity (Wildman–Crippen MR) is 119 cm³/mol. The van der Waals surface area contributed by atoms with Gasteiger partial charge in [0, 0.05) is 0 Å². The van der Waals surface area contributed by atoms with Crippen LogP contribution >= 0.6 is 0 Å². The van der Waals surface area contributed by atoms with Gasteiger partial charge in [0.1, 0.15) is 6.29 Å². The van der Waals surface area contributed by atoms with Gasteiger partial charge in [-0.25, -0.2) is 0 Å². The lowest BCUT2D eigenvalue weighted by Gasteiger charge is -2.52. The van der Waals surface area contributed by atoms with Crippen molar-refractivity contribution in [2.45, 2.75) is 105 Å². The first-order valence-electron chi connectivity index (χ1n) is 12.6. The van der Waals surface area contributed by atoms with Crippen LogP contribution in [0.1, 0.15) is 98.8 Å². The minimum Gasteiger partial charge on any atom is -0.393 e. The molecule has 0 radical (unpaired) electrons. The first kappa shape index (κ1) is 21.6. The zero-order chi connectivity index (χ0) is 21.0. The number of aliphatic hydroxyl groups is 1. The number of hydrogen-bond acceptors (Lipinski definition) is 2. The molecule has 4 rings (SSSR count). The van der Waals surface area contributed by atoms with Crippen LogP contribution in [0, 0.1) is 46.3 Å². The molecule has 2 heteroatoms. The van der Waals surface area contributed by atoms with Crippen LogP contribution in [0.15, 0.2) is 11.1 Å². The van der Waals surface area contributed by atoms with E-state index in [1.807, 2.05) is 0 Å². The lowest BCUT2D eigenvalue weighted by atomic mass is 9.52. The van der Waals surface area contributed by atoms with Crippen molar-refractivity contribution >= 4 is 6.29 Å². The summed E-state index contributed by atoms with van der Waals surface area (Å²) in [7, 11) is 0. The number of carbonyl (C=O) groups is 1. The summed E-state index contributed by atoms with van der Waals surface area (Å²) in [6.07, 6.45) is 13.1. The molecule has 0 bridgehead atoms. The Bertz CT molecular complexity index is 663. The maximum atomic E-state index is 12.3. The zero-order valence-electron chi connectivity index (χ0n) is 19.5. The van der Waals surface area contributed by atoms with Gasteiger partial charge in [0.05, 0.1) is 6.10 Å². The van der Waals surface area contributed by atoms with Crippen molar-refractivity contribution in [1.82, 2.24) is 0 Å². The highest BCUT2D eigenvalue weighted by Gasteiger charge is 2.62. The van der Waals surface area contributed by atoms with Crippen LogP contribution < -0.4 is 0 Å². The van der Waals surface area contributed by atoms with Gasteiger partial charge in [-0.2, -0.15) is 0 Å². The van der Waals surface area contributed by atoms with Gasteiger partial charge in [-0.1, -0.05) is 59.5 Å². The van der Waals surface area contributed by atoms with Gasteiger partial charge in [0.25, 0.3) is 0 Å². The molecule has 29 heavy (non-hydrogen) atoms. The quantitative estimate of drug-likeness (QED) is 0.512. The third-order valence-electron chi connectivity index (χ3n) is 10.3. The van der Waals surface area contributed by atoms with Gasteiger partial charge in [-0.15, -0.1) is 0 Å². The molecule has 8 atom stereocenters. The van der Waals surface area contributed by atoms with E-state index in [1.165, 1.54) is 56.8 Å². The molecule has 0 amide bonds. The minimum absolute atomic E-state index is 0.169. The molecule has 1 N–H and O–H groups in total. The van der Waals surface area contributed by atoms with Crippen LogP contribution in [0.25, 0.3) is 0 Å². The fourth-order valence-electron chi connectivity index (χ4n) is 8.71. The lowest BCUT2D eigenvalue weighted by Crippen LogP contribution is -2.45. The molecule has 2 nitrogen and oxygen atoms in total. The summed E-state index contributed by atoms with van der Waals surface area (Å²) in [5.74, 6) is 4.20. The van der Waals surface area contributed by atoms with Crippen molar-refractivity contribution in [1.29, 1.82) is 0 Å². The topological polar surface area (TPSA) is 37.3 Å². The average Bonchev–Trinajstić information content (AvgIpc) is 3.13. The number of rotatable bonds is 6. The fourth-order valence-corrected chi connectivity index (χ4v) is 8.71. The van der Waals surface area contributed by atoms with E-state index in [2.05, 4.69) is 34.6 Å². The number of fused-ring (bicyclic) bond motifs is 5. The summed E-state index contributed by atoms with van der Waals surface area (Å²) < 4.78 is 0. The summed E-state index contributed by atoms with van der Waals surface area (Å²) >= 11 is 0. The van der Waals surface area contributed by atoms with Crippen molar-refractivity contribution in [2.24, 2.45) is 46.3 Å². The van der Waals surface area contributed by atoms with Crippen LogP contribution in [0.4, 0.5) is 0 Å². The Morgan fingerprint density at radius 2 is 1.79 bits per heavy atom. The fraction of sp³-hybridized carbons (Fsp3) is 0.889. The maximum Gasteiger partial charge on any atom is 0.146 e. The molecule has 0 heterocycles. The molecule has 0 aromatic rings. The summed E-state index contributed by atoms with van der Waals surface area (Å²) in [6.45, 7) is 12.2. The summed E-state index contributed by atoms with van der Waals surface area (Å²) in [5, 5.41) is 10.3. The Balaban J connectivity index is 1.58. The normalized spacial score (nSPS) is 45.1. The van der Waals surface area contributed by atoms with E-state index >= 15 is 0 Å².